The van der Waals surface area contributed by atoms with E-state index < -0.39 is 43.6 Å². The van der Waals surface area contributed by atoms with Gasteiger partial charge in [0.05, 0.1) is 18.3 Å². The number of rotatable bonds is 7. The van der Waals surface area contributed by atoms with E-state index in [-0.39, 0.29) is 25.5 Å². The van der Waals surface area contributed by atoms with E-state index in [1.54, 1.807) is 0 Å². The van der Waals surface area contributed by atoms with E-state index in [2.05, 4.69) is 4.98 Å². The summed E-state index contributed by atoms with van der Waals surface area (Å²) in [5, 5.41) is 0. The van der Waals surface area contributed by atoms with E-state index in [1.807, 2.05) is 20.8 Å². The number of phosphoric acid groups is 1. The van der Waals surface area contributed by atoms with Crippen molar-refractivity contribution in [2.45, 2.75) is 64.8 Å². The molecule has 0 spiro atoms. The first kappa shape index (κ1) is 24.1. The van der Waals surface area contributed by atoms with Crippen LogP contribution in [0.5, 0.6) is 0 Å². The zero-order valence-corrected chi connectivity index (χ0v) is 17.5. The molecular weight excluding hydrogens is 399 g/mol. The van der Waals surface area contributed by atoms with Crippen LogP contribution < -0.4 is 11.2 Å². The van der Waals surface area contributed by atoms with Crippen LogP contribution in [0.25, 0.3) is 0 Å². The average Bonchev–Trinajstić information content (AvgIpc) is 2.83. The van der Waals surface area contributed by atoms with E-state index in [0.717, 1.165) is 0 Å². The molecule has 5 atom stereocenters. The molecule has 12 heteroatoms. The van der Waals surface area contributed by atoms with Gasteiger partial charge in [0.1, 0.15) is 12.3 Å². The van der Waals surface area contributed by atoms with E-state index in [4.69, 9.17) is 23.8 Å². The van der Waals surface area contributed by atoms with Crippen LogP contribution >= 0.6 is 21.3 Å². The summed E-state index contributed by atoms with van der Waals surface area (Å²) in [7, 11) is -4.72. The van der Waals surface area contributed by atoms with Crippen LogP contribution in [-0.2, 0) is 18.6 Å². The highest BCUT2D eigenvalue weighted by Gasteiger charge is 2.49. The second-order valence-electron chi connectivity index (χ2n) is 6.53. The summed E-state index contributed by atoms with van der Waals surface area (Å²) in [6, 6.07) is 1.21. The van der Waals surface area contributed by atoms with Crippen LogP contribution in [-0.4, -0.2) is 43.8 Å². The maximum Gasteiger partial charge on any atom is 0.469 e. The van der Waals surface area contributed by atoms with Crippen LogP contribution in [0.3, 0.4) is 0 Å². The molecule has 1 aliphatic heterocycles. The molecule has 0 aromatic carbocycles. The normalized spacial score (nSPS) is 26.8. The molecule has 0 radical (unpaired) electrons. The van der Waals surface area contributed by atoms with E-state index in [9.17, 15) is 14.2 Å². The van der Waals surface area contributed by atoms with Crippen molar-refractivity contribution in [1.29, 1.82) is 0 Å². The molecule has 3 N–H and O–H groups in total. The number of nitrogens with one attached hydrogen (secondary N) is 1. The van der Waals surface area contributed by atoms with Gasteiger partial charge in [0, 0.05) is 18.2 Å². The molecule has 0 aliphatic carbocycles. The maximum absolute atomic E-state index is 12.2. The number of H-pyrrole nitrogens is 1. The number of hydrogen-bond donors (Lipinski definition) is 3. The zero-order valence-electron chi connectivity index (χ0n) is 15.6. The minimum atomic E-state index is -4.72. The highest BCUT2D eigenvalue weighted by atomic mass is 32.1. The highest BCUT2D eigenvalue weighted by molar-refractivity contribution is 7.59. The van der Waals surface area contributed by atoms with Crippen molar-refractivity contribution < 1.29 is 28.3 Å². The van der Waals surface area contributed by atoms with E-state index >= 15 is 0 Å². The van der Waals surface area contributed by atoms with Gasteiger partial charge >= 0.3 is 13.5 Å². The smallest absolute Gasteiger partial charge is 0.372 e. The van der Waals surface area contributed by atoms with Crippen LogP contribution in [0.15, 0.2) is 21.9 Å². The molecule has 2 heterocycles. The van der Waals surface area contributed by atoms with Crippen molar-refractivity contribution in [3.8, 4) is 0 Å². The van der Waals surface area contributed by atoms with Crippen molar-refractivity contribution in [3.05, 3.63) is 33.1 Å². The Balaban J connectivity index is 0.00000364. The molecule has 1 unspecified atom stereocenters. The number of aromatic amines is 1. The van der Waals surface area contributed by atoms with Gasteiger partial charge in [0.25, 0.3) is 5.56 Å². The van der Waals surface area contributed by atoms with Gasteiger partial charge in [-0.05, 0) is 27.2 Å². The highest BCUT2D eigenvalue weighted by Crippen LogP contribution is 2.44. The van der Waals surface area contributed by atoms with Gasteiger partial charge in [-0.3, -0.25) is 18.9 Å². The topological polar surface area (TPSA) is 140 Å². The molecule has 10 nitrogen and oxygen atoms in total. The van der Waals surface area contributed by atoms with Crippen LogP contribution in [0.4, 0.5) is 0 Å². The molecule has 1 saturated heterocycles. The predicted octanol–water partition coefficient (Wildman–Crippen LogP) is 0.864. The van der Waals surface area contributed by atoms with E-state index in [1.165, 1.54) is 23.8 Å². The second-order valence-corrected chi connectivity index (χ2v) is 7.72. The van der Waals surface area contributed by atoms with Crippen molar-refractivity contribution in [1.82, 2.24) is 9.55 Å². The summed E-state index contributed by atoms with van der Waals surface area (Å²) in [5.74, 6) is -0.283. The first-order valence-electron chi connectivity index (χ1n) is 8.39. The third kappa shape index (κ3) is 6.02. The molecule has 1 aromatic rings. The minimum Gasteiger partial charge on any atom is -0.372 e. The molecule has 2 rings (SSSR count). The Morgan fingerprint density at radius 1 is 1.33 bits per heavy atom. The SMILES string of the molecule is CCC1[C@@H](OC(C)C)[C@@H]([C@H](C)OP(=O)(O)O)O[C@H]1n1ccc(=O)[nH]c1=O.S. The van der Waals surface area contributed by atoms with Gasteiger partial charge in [-0.1, -0.05) is 6.92 Å². The van der Waals surface area contributed by atoms with E-state index in [0.29, 0.717) is 6.42 Å². The molecular formula is C15H27N2O8PS. The summed E-state index contributed by atoms with van der Waals surface area (Å²) in [4.78, 5) is 43.8. The lowest BCUT2D eigenvalue weighted by atomic mass is 9.94. The summed E-state index contributed by atoms with van der Waals surface area (Å²) < 4.78 is 29.1. The van der Waals surface area contributed by atoms with Crippen molar-refractivity contribution in [2.75, 3.05) is 0 Å². The third-order valence-electron chi connectivity index (χ3n) is 4.20. The van der Waals surface area contributed by atoms with Crippen LogP contribution in [0.1, 0.15) is 40.3 Å². The molecule has 0 saturated carbocycles. The Hall–Kier alpha value is -0.940. The number of hydrogen-bond acceptors (Lipinski definition) is 6. The second kappa shape index (κ2) is 9.51. The van der Waals surface area contributed by atoms with Crippen molar-refractivity contribution in [2.24, 2.45) is 5.92 Å². The molecule has 1 fully saturated rings. The first-order valence-corrected chi connectivity index (χ1v) is 9.92. The summed E-state index contributed by atoms with van der Waals surface area (Å²) >= 11 is 0. The molecule has 1 aromatic heterocycles. The summed E-state index contributed by atoms with van der Waals surface area (Å²) in [6.07, 6.45) is -1.36. The van der Waals surface area contributed by atoms with Gasteiger partial charge in [0.2, 0.25) is 0 Å². The largest absolute Gasteiger partial charge is 0.469 e. The lowest BCUT2D eigenvalue weighted by Crippen LogP contribution is -2.39. The number of phosphoric ester groups is 1. The van der Waals surface area contributed by atoms with Crippen LogP contribution in [0.2, 0.25) is 0 Å². The molecule has 0 bridgehead atoms. The van der Waals surface area contributed by atoms with Gasteiger partial charge in [-0.15, -0.1) is 0 Å². The fraction of sp³-hybridized carbons (Fsp3) is 0.733. The lowest BCUT2D eigenvalue weighted by Gasteiger charge is -2.28. The Morgan fingerprint density at radius 3 is 2.44 bits per heavy atom. The Kier molecular flexibility index (Phi) is 8.49. The van der Waals surface area contributed by atoms with Gasteiger partial charge < -0.3 is 19.3 Å². The molecule has 1 aliphatic rings. The lowest BCUT2D eigenvalue weighted by molar-refractivity contribution is -0.0988. The molecule has 156 valence electrons. The number of nitrogens with zero attached hydrogens (tertiary/aromatic N) is 1. The fourth-order valence-corrected chi connectivity index (χ4v) is 3.78. The number of aromatic nitrogens is 2. The molecule has 27 heavy (non-hydrogen) atoms. The standard InChI is InChI=1S/C15H25N2O8P.H2S/c1-5-10-13(23-8(2)3)12(9(4)25-26(20,21)22)24-14(10)17-7-6-11(18)16-15(17)19;/h6-10,12-14H,5H2,1-4H3,(H,16,18,19)(H2,20,21,22);1H2/t9-,10?,12+,13+,14+;/m0./s1. The average molecular weight is 426 g/mol. The quantitative estimate of drug-likeness (QED) is 0.546. The number of ether oxygens (including phenoxy) is 2. The monoisotopic (exact) mass is 426 g/mol. The van der Waals surface area contributed by atoms with Crippen molar-refractivity contribution in [3.63, 3.8) is 0 Å². The van der Waals surface area contributed by atoms with Gasteiger partial charge in [-0.2, -0.15) is 13.5 Å². The zero-order chi connectivity index (χ0) is 19.6. The fourth-order valence-electron chi connectivity index (χ4n) is 3.23. The third-order valence-corrected chi connectivity index (χ3v) is 4.81. The van der Waals surface area contributed by atoms with Crippen LogP contribution in [0, 0.1) is 5.92 Å². The van der Waals surface area contributed by atoms with Gasteiger partial charge in [0.15, 0.2) is 0 Å². The summed E-state index contributed by atoms with van der Waals surface area (Å²) in [5.41, 5.74) is -1.16. The first-order chi connectivity index (χ1) is 12.0. The van der Waals surface area contributed by atoms with Gasteiger partial charge in [-0.25, -0.2) is 9.36 Å². The Labute approximate surface area is 163 Å². The van der Waals surface area contributed by atoms with Crippen molar-refractivity contribution >= 4 is 21.3 Å². The Bertz CT molecular complexity index is 776. The summed E-state index contributed by atoms with van der Waals surface area (Å²) in [6.45, 7) is 7.03. The minimum absolute atomic E-state index is 0. The Morgan fingerprint density at radius 2 is 1.96 bits per heavy atom. The molecule has 0 amide bonds. The maximum atomic E-state index is 12.2. The predicted molar refractivity (Wildman–Crippen MR) is 102 cm³/mol.